The van der Waals surface area contributed by atoms with E-state index in [1.54, 1.807) is 61.5 Å². The van der Waals surface area contributed by atoms with Gasteiger partial charge in [0.25, 0.3) is 0 Å². The number of imide groups is 2. The number of fused-ring (bicyclic) bond motifs is 4. The van der Waals surface area contributed by atoms with Gasteiger partial charge in [0.15, 0.2) is 11.5 Å². The number of ether oxygens (including phenoxy) is 1. The highest BCUT2D eigenvalue weighted by Gasteiger charge is 2.68. The van der Waals surface area contributed by atoms with Crippen LogP contribution in [0.5, 0.6) is 11.5 Å². The van der Waals surface area contributed by atoms with Gasteiger partial charge in [0.05, 0.1) is 41.7 Å². The number of carbonyl (C=O) groups excluding carboxylic acids is 4. The predicted octanol–water partition coefficient (Wildman–Crippen LogP) is 6.58. The summed E-state index contributed by atoms with van der Waals surface area (Å²) < 4.78 is 5.46. The van der Waals surface area contributed by atoms with Crippen molar-refractivity contribution in [3.8, 4) is 11.5 Å². The first-order chi connectivity index (χ1) is 23.7. The van der Waals surface area contributed by atoms with Crippen molar-refractivity contribution in [2.75, 3.05) is 22.2 Å². The van der Waals surface area contributed by atoms with Crippen molar-refractivity contribution in [2.24, 2.45) is 29.1 Å². The Kier molecular flexibility index (Phi) is 7.17. The number of carbonyl (C=O) groups is 4. The molecule has 4 aromatic rings. The topological polar surface area (TPSA) is 116 Å². The molecule has 2 saturated heterocycles. The first-order valence-corrected chi connectivity index (χ1v) is 16.5. The Morgan fingerprint density at radius 3 is 2.08 bits per heavy atom. The minimum absolute atomic E-state index is 0.114. The third-order valence-corrected chi connectivity index (χ3v) is 11.0. The highest BCUT2D eigenvalue weighted by atomic mass is 16.5. The molecule has 2 aliphatic carbocycles. The average molecular weight is 654 g/mol. The van der Waals surface area contributed by atoms with Gasteiger partial charge in [-0.15, -0.1) is 0 Å². The van der Waals surface area contributed by atoms with Crippen LogP contribution in [-0.2, 0) is 19.2 Å². The van der Waals surface area contributed by atoms with E-state index in [2.05, 4.69) is 5.32 Å². The van der Waals surface area contributed by atoms with Crippen molar-refractivity contribution in [3.63, 3.8) is 0 Å². The molecule has 4 aliphatic rings. The Hall–Kier alpha value is -5.70. The van der Waals surface area contributed by atoms with Gasteiger partial charge in [-0.2, -0.15) is 0 Å². The van der Waals surface area contributed by atoms with Crippen LogP contribution < -0.4 is 19.9 Å². The smallest absolute Gasteiger partial charge is 0.241 e. The standard InChI is InChI=1S/C40H35N3O6/c1-40-31(37(46)43(39(40)48)25-12-7-4-8-13-25)22-30-27(34(40)29-14-9-15-32(49-2)35(29)44)20-21-28-33(30)38(47)42(36(28)45)26-18-16-24(17-19-26)41-23-10-5-3-6-11-23/h3-20,28,30-31,33-34,41,44H,21-22H2,1-2H3/t28-,30+,31-,33-,34+,40+/m0/s1. The summed E-state index contributed by atoms with van der Waals surface area (Å²) in [6, 6.07) is 30.9. The molecule has 4 amide bonds. The number of methoxy groups -OCH3 is 1. The van der Waals surface area contributed by atoms with E-state index >= 15 is 0 Å². The van der Waals surface area contributed by atoms with Gasteiger partial charge >= 0.3 is 0 Å². The Morgan fingerprint density at radius 2 is 1.39 bits per heavy atom. The van der Waals surface area contributed by atoms with E-state index in [0.29, 0.717) is 23.4 Å². The number of rotatable bonds is 6. The minimum Gasteiger partial charge on any atom is -0.504 e. The lowest BCUT2D eigenvalue weighted by molar-refractivity contribution is -0.131. The van der Waals surface area contributed by atoms with Crippen LogP contribution in [-0.4, -0.2) is 35.8 Å². The van der Waals surface area contributed by atoms with E-state index in [1.165, 1.54) is 16.9 Å². The van der Waals surface area contributed by atoms with Crippen LogP contribution in [0.4, 0.5) is 22.7 Å². The second-order valence-electron chi connectivity index (χ2n) is 13.4. The molecular formula is C40H35N3O6. The van der Waals surface area contributed by atoms with Gasteiger partial charge in [0.1, 0.15) is 0 Å². The second kappa shape index (κ2) is 11.5. The average Bonchev–Trinajstić information content (AvgIpc) is 3.49. The van der Waals surface area contributed by atoms with E-state index in [1.807, 2.05) is 54.6 Å². The molecule has 9 nitrogen and oxygen atoms in total. The summed E-state index contributed by atoms with van der Waals surface area (Å²) in [5, 5.41) is 14.8. The van der Waals surface area contributed by atoms with Gasteiger partial charge in [-0.25, -0.2) is 4.90 Å². The maximum Gasteiger partial charge on any atom is 0.241 e. The monoisotopic (exact) mass is 653 g/mol. The zero-order valence-corrected chi connectivity index (χ0v) is 27.1. The first-order valence-electron chi connectivity index (χ1n) is 16.5. The van der Waals surface area contributed by atoms with Crippen LogP contribution in [0.2, 0.25) is 0 Å². The summed E-state index contributed by atoms with van der Waals surface area (Å²) in [6.45, 7) is 1.80. The summed E-state index contributed by atoms with van der Waals surface area (Å²) in [5.74, 6) is -4.52. The number of amides is 4. The number of hydrogen-bond donors (Lipinski definition) is 2. The van der Waals surface area contributed by atoms with Crippen molar-refractivity contribution in [1.82, 2.24) is 0 Å². The van der Waals surface area contributed by atoms with E-state index in [9.17, 15) is 24.3 Å². The zero-order chi connectivity index (χ0) is 34.0. The van der Waals surface area contributed by atoms with E-state index < -0.39 is 35.0 Å². The molecule has 6 atom stereocenters. The Balaban J connectivity index is 1.19. The lowest BCUT2D eigenvalue weighted by Crippen LogP contribution is -2.48. The SMILES string of the molecule is COc1cccc([C@H]2C3=CC[C@@H]4C(=O)N(c5ccc(Nc6ccccc6)cc5)C(=O)[C@@H]4[C@@H]3C[C@H]3C(=O)N(c4ccccc4)C(=O)[C@@]23C)c1O. The number of allylic oxidation sites excluding steroid dienone is 2. The molecule has 8 rings (SSSR count). The summed E-state index contributed by atoms with van der Waals surface area (Å²) in [4.78, 5) is 59.9. The minimum atomic E-state index is -1.27. The number of hydrogen-bond acceptors (Lipinski definition) is 7. The van der Waals surface area contributed by atoms with E-state index in [4.69, 9.17) is 4.74 Å². The molecule has 49 heavy (non-hydrogen) atoms. The van der Waals surface area contributed by atoms with Crippen LogP contribution in [0.3, 0.4) is 0 Å². The van der Waals surface area contributed by atoms with Crippen molar-refractivity contribution in [3.05, 3.63) is 120 Å². The van der Waals surface area contributed by atoms with Crippen LogP contribution >= 0.6 is 0 Å². The number of nitrogens with zero attached hydrogens (tertiary/aromatic N) is 2. The first kappa shape index (κ1) is 30.6. The number of nitrogens with one attached hydrogen (secondary N) is 1. The lowest BCUT2D eigenvalue weighted by Gasteiger charge is -2.49. The van der Waals surface area contributed by atoms with Crippen LogP contribution in [0.1, 0.15) is 31.2 Å². The molecule has 0 aromatic heterocycles. The molecule has 3 fully saturated rings. The van der Waals surface area contributed by atoms with Crippen molar-refractivity contribution in [2.45, 2.75) is 25.7 Å². The summed E-state index contributed by atoms with van der Waals surface area (Å²) in [6.07, 6.45) is 2.50. The lowest BCUT2D eigenvalue weighted by atomic mass is 9.51. The molecule has 1 saturated carbocycles. The number of phenols is 1. The van der Waals surface area contributed by atoms with Gasteiger partial charge in [-0.1, -0.05) is 60.2 Å². The maximum absolute atomic E-state index is 14.6. The molecule has 2 aliphatic heterocycles. The Bertz CT molecular complexity index is 2030. The third kappa shape index (κ3) is 4.52. The Labute approximate surface area is 283 Å². The third-order valence-electron chi connectivity index (χ3n) is 11.0. The Morgan fingerprint density at radius 1 is 0.735 bits per heavy atom. The highest BCUT2D eigenvalue weighted by Crippen LogP contribution is 2.65. The number of para-hydroxylation sites is 3. The maximum atomic E-state index is 14.6. The molecule has 0 radical (unpaired) electrons. The molecule has 0 bridgehead atoms. The van der Waals surface area contributed by atoms with Gasteiger partial charge in [-0.3, -0.25) is 24.1 Å². The molecule has 2 N–H and O–H groups in total. The summed E-state index contributed by atoms with van der Waals surface area (Å²) in [5.41, 5.74) is 2.67. The number of anilines is 4. The molecule has 0 unspecified atom stereocenters. The largest absolute Gasteiger partial charge is 0.504 e. The second-order valence-corrected chi connectivity index (χ2v) is 13.4. The molecule has 0 spiro atoms. The number of benzene rings is 4. The molecule has 9 heteroatoms. The van der Waals surface area contributed by atoms with Crippen molar-refractivity contribution in [1.29, 1.82) is 0 Å². The fourth-order valence-electron chi connectivity index (χ4n) is 8.76. The van der Waals surface area contributed by atoms with Gasteiger partial charge in [0, 0.05) is 22.9 Å². The van der Waals surface area contributed by atoms with Gasteiger partial charge < -0.3 is 15.2 Å². The van der Waals surface area contributed by atoms with Crippen LogP contribution in [0, 0.1) is 29.1 Å². The van der Waals surface area contributed by atoms with Crippen LogP contribution in [0.25, 0.3) is 0 Å². The fraction of sp³-hybridized carbons (Fsp3) is 0.250. The summed E-state index contributed by atoms with van der Waals surface area (Å²) >= 11 is 0. The number of aromatic hydroxyl groups is 1. The predicted molar refractivity (Wildman–Crippen MR) is 184 cm³/mol. The van der Waals surface area contributed by atoms with E-state index in [-0.39, 0.29) is 41.5 Å². The molecule has 4 aromatic carbocycles. The molecule has 246 valence electrons. The normalized spacial score (nSPS) is 27.4. The fourth-order valence-corrected chi connectivity index (χ4v) is 8.76. The summed E-state index contributed by atoms with van der Waals surface area (Å²) in [7, 11) is 1.46. The quantitative estimate of drug-likeness (QED) is 0.178. The highest BCUT2D eigenvalue weighted by molar-refractivity contribution is 6.25. The van der Waals surface area contributed by atoms with Crippen molar-refractivity contribution >= 4 is 46.4 Å². The van der Waals surface area contributed by atoms with Gasteiger partial charge in [-0.05, 0) is 80.3 Å². The van der Waals surface area contributed by atoms with Gasteiger partial charge in [0.2, 0.25) is 23.6 Å². The van der Waals surface area contributed by atoms with Crippen molar-refractivity contribution < 1.29 is 29.0 Å². The molecular weight excluding hydrogens is 618 g/mol. The number of phenolic OH excluding ortho intramolecular Hbond substituents is 1. The van der Waals surface area contributed by atoms with E-state index in [0.717, 1.165) is 16.9 Å². The molecule has 2 heterocycles. The van der Waals surface area contributed by atoms with Crippen LogP contribution in [0.15, 0.2) is 115 Å². The zero-order valence-electron chi connectivity index (χ0n) is 27.1.